The van der Waals surface area contributed by atoms with Crippen LogP contribution in [0.25, 0.3) is 11.3 Å². The summed E-state index contributed by atoms with van der Waals surface area (Å²) < 4.78 is 0. The van der Waals surface area contributed by atoms with E-state index in [1.165, 1.54) is 0 Å². The Hall–Kier alpha value is -3.34. The highest BCUT2D eigenvalue weighted by Crippen LogP contribution is 2.29. The zero-order valence-electron chi connectivity index (χ0n) is 13.5. The molecular weight excluding hydrogens is 320 g/mol. The van der Waals surface area contributed by atoms with Gasteiger partial charge in [0.25, 0.3) is 0 Å². The second-order valence-electron chi connectivity index (χ2n) is 5.95. The van der Waals surface area contributed by atoms with Gasteiger partial charge in [-0.2, -0.15) is 10.2 Å². The molecular formula is C17H18N6O2. The number of rotatable bonds is 3. The zero-order chi connectivity index (χ0) is 18.0. The standard InChI is InChI=1S/C17H18N6O2/c18-9-13-14(21-17(20)22-15(13)19)10-1-3-12(4-2-10)23-7-5-11(6-8-23)16(24)25/h1-4,11H,5-8H2,(H,24,25)(H4,19,20,21,22). The molecule has 0 radical (unpaired) electrons. The van der Waals surface area contributed by atoms with E-state index >= 15 is 0 Å². The topological polar surface area (TPSA) is 142 Å². The lowest BCUT2D eigenvalue weighted by molar-refractivity contribution is -0.142. The number of aromatic nitrogens is 2. The molecule has 1 aliphatic heterocycles. The van der Waals surface area contributed by atoms with E-state index in [4.69, 9.17) is 16.6 Å². The first-order valence-corrected chi connectivity index (χ1v) is 7.91. The summed E-state index contributed by atoms with van der Waals surface area (Å²) in [6.45, 7) is 1.40. The molecule has 5 N–H and O–H groups in total. The maximum atomic E-state index is 11.0. The molecule has 1 aromatic carbocycles. The Bertz CT molecular complexity index is 835. The van der Waals surface area contributed by atoms with Gasteiger partial charge in [-0.05, 0) is 25.0 Å². The monoisotopic (exact) mass is 338 g/mol. The predicted molar refractivity (Wildman–Crippen MR) is 93.6 cm³/mol. The largest absolute Gasteiger partial charge is 0.481 e. The number of nitriles is 1. The van der Waals surface area contributed by atoms with Gasteiger partial charge in [0.15, 0.2) is 0 Å². The maximum Gasteiger partial charge on any atom is 0.306 e. The second kappa shape index (κ2) is 6.65. The highest BCUT2D eigenvalue weighted by molar-refractivity contribution is 5.74. The lowest BCUT2D eigenvalue weighted by atomic mass is 9.96. The second-order valence-corrected chi connectivity index (χ2v) is 5.95. The Morgan fingerprint density at radius 3 is 2.40 bits per heavy atom. The minimum absolute atomic E-state index is 0.0197. The third-order valence-electron chi connectivity index (χ3n) is 4.42. The Morgan fingerprint density at radius 1 is 1.20 bits per heavy atom. The molecule has 8 heteroatoms. The van der Waals surface area contributed by atoms with E-state index in [9.17, 15) is 10.1 Å². The van der Waals surface area contributed by atoms with Crippen molar-refractivity contribution in [3.8, 4) is 17.3 Å². The van der Waals surface area contributed by atoms with Crippen molar-refractivity contribution in [1.82, 2.24) is 9.97 Å². The van der Waals surface area contributed by atoms with Crippen molar-refractivity contribution in [2.75, 3.05) is 29.5 Å². The van der Waals surface area contributed by atoms with Crippen molar-refractivity contribution in [1.29, 1.82) is 5.26 Å². The molecule has 2 aromatic rings. The number of hydrogen-bond donors (Lipinski definition) is 3. The van der Waals surface area contributed by atoms with Crippen LogP contribution in [-0.2, 0) is 4.79 Å². The lowest BCUT2D eigenvalue weighted by Gasteiger charge is -2.32. The molecule has 128 valence electrons. The van der Waals surface area contributed by atoms with Crippen molar-refractivity contribution < 1.29 is 9.90 Å². The lowest BCUT2D eigenvalue weighted by Crippen LogP contribution is -2.36. The van der Waals surface area contributed by atoms with Crippen LogP contribution >= 0.6 is 0 Å². The van der Waals surface area contributed by atoms with E-state index in [1.807, 2.05) is 30.3 Å². The van der Waals surface area contributed by atoms with Gasteiger partial charge in [-0.25, -0.2) is 4.98 Å². The smallest absolute Gasteiger partial charge is 0.306 e. The van der Waals surface area contributed by atoms with Crippen molar-refractivity contribution in [3.63, 3.8) is 0 Å². The van der Waals surface area contributed by atoms with E-state index in [0.29, 0.717) is 31.6 Å². The number of hydrogen-bond acceptors (Lipinski definition) is 7. The molecule has 0 unspecified atom stereocenters. The fraction of sp³-hybridized carbons (Fsp3) is 0.294. The quantitative estimate of drug-likeness (QED) is 0.763. The molecule has 0 aliphatic carbocycles. The molecule has 3 rings (SSSR count). The summed E-state index contributed by atoms with van der Waals surface area (Å²) in [5, 5.41) is 18.3. The molecule has 0 amide bonds. The van der Waals surface area contributed by atoms with Gasteiger partial charge >= 0.3 is 5.97 Å². The minimum Gasteiger partial charge on any atom is -0.481 e. The SMILES string of the molecule is N#Cc1c(N)nc(N)nc1-c1ccc(N2CCC(C(=O)O)CC2)cc1. The van der Waals surface area contributed by atoms with Crippen LogP contribution in [0.4, 0.5) is 17.5 Å². The molecule has 1 aliphatic rings. The zero-order valence-corrected chi connectivity index (χ0v) is 13.5. The maximum absolute atomic E-state index is 11.0. The van der Waals surface area contributed by atoms with Crippen molar-refractivity contribution in [3.05, 3.63) is 29.8 Å². The Balaban J connectivity index is 1.82. The first-order chi connectivity index (χ1) is 12.0. The molecule has 0 spiro atoms. The van der Waals surface area contributed by atoms with Crippen LogP contribution < -0.4 is 16.4 Å². The van der Waals surface area contributed by atoms with E-state index in [0.717, 1.165) is 11.3 Å². The normalized spacial score (nSPS) is 14.9. The van der Waals surface area contributed by atoms with Gasteiger partial charge in [0.1, 0.15) is 17.5 Å². The molecule has 0 atom stereocenters. The van der Waals surface area contributed by atoms with Crippen LogP contribution in [-0.4, -0.2) is 34.1 Å². The molecule has 1 fully saturated rings. The van der Waals surface area contributed by atoms with E-state index in [1.54, 1.807) is 0 Å². The van der Waals surface area contributed by atoms with E-state index in [-0.39, 0.29) is 23.2 Å². The van der Waals surface area contributed by atoms with E-state index in [2.05, 4.69) is 14.9 Å². The fourth-order valence-electron chi connectivity index (χ4n) is 3.03. The average molecular weight is 338 g/mol. The summed E-state index contributed by atoms with van der Waals surface area (Å²) in [6, 6.07) is 9.55. The molecule has 25 heavy (non-hydrogen) atoms. The number of nitrogens with two attached hydrogens (primary N) is 2. The van der Waals surface area contributed by atoms with Gasteiger partial charge in [0.05, 0.1) is 11.6 Å². The van der Waals surface area contributed by atoms with Gasteiger partial charge in [-0.3, -0.25) is 4.79 Å². The summed E-state index contributed by atoms with van der Waals surface area (Å²) in [5.41, 5.74) is 13.7. The number of aliphatic carboxylic acids is 1. The molecule has 0 saturated carbocycles. The summed E-state index contributed by atoms with van der Waals surface area (Å²) in [6.07, 6.45) is 1.27. The van der Waals surface area contributed by atoms with E-state index < -0.39 is 5.97 Å². The van der Waals surface area contributed by atoms with Crippen molar-refractivity contribution in [2.45, 2.75) is 12.8 Å². The van der Waals surface area contributed by atoms with Crippen LogP contribution in [0.15, 0.2) is 24.3 Å². The molecule has 2 heterocycles. The predicted octanol–water partition coefficient (Wildman–Crippen LogP) is 1.48. The third-order valence-corrected chi connectivity index (χ3v) is 4.42. The minimum atomic E-state index is -0.724. The fourth-order valence-corrected chi connectivity index (χ4v) is 3.03. The summed E-state index contributed by atoms with van der Waals surface area (Å²) in [7, 11) is 0. The van der Waals surface area contributed by atoms with Crippen molar-refractivity contribution >= 4 is 23.4 Å². The first kappa shape index (κ1) is 16.5. The van der Waals surface area contributed by atoms with Crippen LogP contribution in [0, 0.1) is 17.2 Å². The van der Waals surface area contributed by atoms with Crippen molar-refractivity contribution in [2.24, 2.45) is 5.92 Å². The summed E-state index contributed by atoms with van der Waals surface area (Å²) in [5.74, 6) is -0.908. The van der Waals surface area contributed by atoms with Crippen LogP contribution in [0.3, 0.4) is 0 Å². The van der Waals surface area contributed by atoms with Gasteiger partial charge in [-0.1, -0.05) is 12.1 Å². The first-order valence-electron chi connectivity index (χ1n) is 7.91. The number of carboxylic acid groups (broad SMARTS) is 1. The molecule has 0 bridgehead atoms. The number of carboxylic acids is 1. The Kier molecular flexibility index (Phi) is 4.39. The Morgan fingerprint density at radius 2 is 1.84 bits per heavy atom. The molecule has 8 nitrogen and oxygen atoms in total. The highest BCUT2D eigenvalue weighted by atomic mass is 16.4. The number of piperidine rings is 1. The van der Waals surface area contributed by atoms with Gasteiger partial charge < -0.3 is 21.5 Å². The van der Waals surface area contributed by atoms with Crippen LogP contribution in [0.1, 0.15) is 18.4 Å². The molecule has 1 aromatic heterocycles. The highest BCUT2D eigenvalue weighted by Gasteiger charge is 2.24. The number of nitrogen functional groups attached to an aromatic ring is 2. The third kappa shape index (κ3) is 3.30. The number of anilines is 3. The van der Waals surface area contributed by atoms with Gasteiger partial charge in [0.2, 0.25) is 5.95 Å². The number of benzene rings is 1. The average Bonchev–Trinajstić information content (AvgIpc) is 2.61. The summed E-state index contributed by atoms with van der Waals surface area (Å²) >= 11 is 0. The molecule has 1 saturated heterocycles. The number of nitrogens with zero attached hydrogens (tertiary/aromatic N) is 4. The van der Waals surface area contributed by atoms with Gasteiger partial charge in [-0.15, -0.1) is 0 Å². The Labute approximate surface area is 144 Å². The summed E-state index contributed by atoms with van der Waals surface area (Å²) in [4.78, 5) is 21.1. The van der Waals surface area contributed by atoms with Gasteiger partial charge in [0, 0.05) is 24.3 Å². The number of carbonyl (C=O) groups is 1. The van der Waals surface area contributed by atoms with Crippen LogP contribution in [0.2, 0.25) is 0 Å². The van der Waals surface area contributed by atoms with Crippen LogP contribution in [0.5, 0.6) is 0 Å².